The number of carbonyl (C=O) groups excluding carboxylic acids is 1. The van der Waals surface area contributed by atoms with Gasteiger partial charge in [0.2, 0.25) is 0 Å². The highest BCUT2D eigenvalue weighted by Crippen LogP contribution is 2.28. The van der Waals surface area contributed by atoms with Crippen molar-refractivity contribution in [3.63, 3.8) is 0 Å². The summed E-state index contributed by atoms with van der Waals surface area (Å²) in [7, 11) is 3.26. The lowest BCUT2D eigenvalue weighted by Crippen LogP contribution is -2.29. The first-order valence-electron chi connectivity index (χ1n) is 6.74. The number of hydrogen-bond donors (Lipinski definition) is 1. The molecule has 5 nitrogen and oxygen atoms in total. The van der Waals surface area contributed by atoms with Gasteiger partial charge in [0.25, 0.3) is 5.91 Å². The summed E-state index contributed by atoms with van der Waals surface area (Å²) in [5, 5.41) is 9.26. The summed E-state index contributed by atoms with van der Waals surface area (Å²) < 4.78 is 10.7. The number of ether oxygens (including phenoxy) is 2. The van der Waals surface area contributed by atoms with Gasteiger partial charge in [0, 0.05) is 19.2 Å². The molecule has 1 aromatic carbocycles. The molecule has 0 aromatic heterocycles. The van der Waals surface area contributed by atoms with Crippen molar-refractivity contribution < 1.29 is 19.4 Å². The molecular formula is C15H23NO4. The average Bonchev–Trinajstić information content (AvgIpc) is 2.44. The van der Waals surface area contributed by atoms with E-state index >= 15 is 0 Å². The Morgan fingerprint density at radius 2 is 2.10 bits per heavy atom. The van der Waals surface area contributed by atoms with Gasteiger partial charge in [-0.25, -0.2) is 0 Å². The highest BCUT2D eigenvalue weighted by atomic mass is 16.5. The van der Waals surface area contributed by atoms with Gasteiger partial charge in [-0.1, -0.05) is 0 Å². The van der Waals surface area contributed by atoms with E-state index in [1.807, 2.05) is 6.92 Å². The summed E-state index contributed by atoms with van der Waals surface area (Å²) in [6.45, 7) is 4.64. The van der Waals surface area contributed by atoms with Crippen molar-refractivity contribution in [3.05, 3.63) is 23.8 Å². The lowest BCUT2D eigenvalue weighted by Gasteiger charge is -2.19. The van der Waals surface area contributed by atoms with E-state index in [2.05, 4.69) is 0 Å². The second-order valence-electron chi connectivity index (χ2n) is 4.66. The Morgan fingerprint density at radius 1 is 1.40 bits per heavy atom. The molecule has 1 aromatic rings. The number of carbonyl (C=O) groups is 1. The van der Waals surface area contributed by atoms with Crippen LogP contribution in [0.4, 0.5) is 0 Å². The third-order valence-corrected chi connectivity index (χ3v) is 2.94. The highest BCUT2D eigenvalue weighted by Gasteiger charge is 2.15. The standard InChI is InChI=1S/C15H23NO4/c1-5-20-13-7-6-12(10-14(13)19-4)15(18)16(3)9-8-11(2)17/h6-7,10-11,17H,5,8-9H2,1-4H3. The van der Waals surface area contributed by atoms with E-state index in [1.54, 1.807) is 44.2 Å². The van der Waals surface area contributed by atoms with Crippen LogP contribution in [0, 0.1) is 0 Å². The van der Waals surface area contributed by atoms with E-state index in [4.69, 9.17) is 9.47 Å². The summed E-state index contributed by atoms with van der Waals surface area (Å²) >= 11 is 0. The van der Waals surface area contributed by atoms with Crippen LogP contribution in [0.5, 0.6) is 11.5 Å². The van der Waals surface area contributed by atoms with Crippen LogP contribution in [0.25, 0.3) is 0 Å². The van der Waals surface area contributed by atoms with Gasteiger partial charge in [-0.2, -0.15) is 0 Å². The van der Waals surface area contributed by atoms with Gasteiger partial charge in [-0.3, -0.25) is 4.79 Å². The van der Waals surface area contributed by atoms with Crippen molar-refractivity contribution in [2.75, 3.05) is 27.3 Å². The first-order valence-corrected chi connectivity index (χ1v) is 6.74. The lowest BCUT2D eigenvalue weighted by atomic mass is 10.1. The molecular weight excluding hydrogens is 258 g/mol. The van der Waals surface area contributed by atoms with Crippen molar-refractivity contribution in [2.24, 2.45) is 0 Å². The number of rotatable bonds is 7. The Hall–Kier alpha value is -1.75. The van der Waals surface area contributed by atoms with Gasteiger partial charge in [0.05, 0.1) is 19.8 Å². The summed E-state index contributed by atoms with van der Waals surface area (Å²) in [4.78, 5) is 13.8. The van der Waals surface area contributed by atoms with E-state index < -0.39 is 6.10 Å². The minimum Gasteiger partial charge on any atom is -0.493 e. The van der Waals surface area contributed by atoms with Crippen LogP contribution in [-0.4, -0.2) is 49.3 Å². The molecule has 0 heterocycles. The molecule has 0 bridgehead atoms. The number of aliphatic hydroxyl groups excluding tert-OH is 1. The normalized spacial score (nSPS) is 11.8. The molecule has 0 aliphatic heterocycles. The minimum atomic E-state index is -0.417. The second-order valence-corrected chi connectivity index (χ2v) is 4.66. The summed E-state index contributed by atoms with van der Waals surface area (Å²) in [6.07, 6.45) is 0.135. The van der Waals surface area contributed by atoms with Gasteiger partial charge < -0.3 is 19.5 Å². The zero-order valence-electron chi connectivity index (χ0n) is 12.5. The van der Waals surface area contributed by atoms with Crippen molar-refractivity contribution in [2.45, 2.75) is 26.4 Å². The number of hydrogen-bond acceptors (Lipinski definition) is 4. The number of amides is 1. The Bertz CT molecular complexity index is 445. The molecule has 1 rings (SSSR count). The summed E-state index contributed by atoms with van der Waals surface area (Å²) in [6, 6.07) is 5.12. The molecule has 0 aliphatic rings. The lowest BCUT2D eigenvalue weighted by molar-refractivity contribution is 0.0768. The zero-order valence-corrected chi connectivity index (χ0v) is 12.5. The fourth-order valence-electron chi connectivity index (χ4n) is 1.78. The van der Waals surface area contributed by atoms with Crippen LogP contribution >= 0.6 is 0 Å². The minimum absolute atomic E-state index is 0.105. The van der Waals surface area contributed by atoms with Crippen molar-refractivity contribution in [3.8, 4) is 11.5 Å². The quantitative estimate of drug-likeness (QED) is 0.829. The fourth-order valence-corrected chi connectivity index (χ4v) is 1.78. The second kappa shape index (κ2) is 7.75. The van der Waals surface area contributed by atoms with E-state index in [0.717, 1.165) is 0 Å². The maximum atomic E-state index is 12.2. The topological polar surface area (TPSA) is 59.0 Å². The molecule has 0 saturated heterocycles. The monoisotopic (exact) mass is 281 g/mol. The van der Waals surface area contributed by atoms with Gasteiger partial charge in [0.15, 0.2) is 11.5 Å². The van der Waals surface area contributed by atoms with Crippen molar-refractivity contribution in [1.82, 2.24) is 4.90 Å². The smallest absolute Gasteiger partial charge is 0.253 e. The fraction of sp³-hybridized carbons (Fsp3) is 0.533. The third kappa shape index (κ3) is 4.42. The summed E-state index contributed by atoms with van der Waals surface area (Å²) in [5.74, 6) is 1.06. The molecule has 5 heteroatoms. The van der Waals surface area contributed by atoms with Crippen molar-refractivity contribution in [1.29, 1.82) is 0 Å². The molecule has 1 unspecified atom stereocenters. The SMILES string of the molecule is CCOc1ccc(C(=O)N(C)CCC(C)O)cc1OC. The third-order valence-electron chi connectivity index (χ3n) is 2.94. The van der Waals surface area contributed by atoms with E-state index in [1.165, 1.54) is 0 Å². The predicted octanol–water partition coefficient (Wildman–Crippen LogP) is 1.94. The molecule has 0 radical (unpaired) electrons. The molecule has 0 spiro atoms. The van der Waals surface area contributed by atoms with Crippen LogP contribution in [0.2, 0.25) is 0 Å². The van der Waals surface area contributed by atoms with E-state index in [-0.39, 0.29) is 5.91 Å². The maximum absolute atomic E-state index is 12.2. The molecule has 1 atom stereocenters. The van der Waals surface area contributed by atoms with E-state index in [9.17, 15) is 9.90 Å². The molecule has 0 saturated carbocycles. The van der Waals surface area contributed by atoms with Crippen LogP contribution in [0.1, 0.15) is 30.6 Å². The Morgan fingerprint density at radius 3 is 2.65 bits per heavy atom. The van der Waals surface area contributed by atoms with Crippen molar-refractivity contribution >= 4 is 5.91 Å². The molecule has 1 N–H and O–H groups in total. The maximum Gasteiger partial charge on any atom is 0.253 e. The molecule has 0 fully saturated rings. The predicted molar refractivity (Wildman–Crippen MR) is 77.4 cm³/mol. The summed E-state index contributed by atoms with van der Waals surface area (Å²) in [5.41, 5.74) is 0.540. The van der Waals surface area contributed by atoms with Gasteiger partial charge >= 0.3 is 0 Å². The zero-order chi connectivity index (χ0) is 15.1. The molecule has 20 heavy (non-hydrogen) atoms. The number of benzene rings is 1. The number of aliphatic hydroxyl groups is 1. The number of methoxy groups -OCH3 is 1. The van der Waals surface area contributed by atoms with Crippen LogP contribution in [0.3, 0.4) is 0 Å². The number of nitrogens with zero attached hydrogens (tertiary/aromatic N) is 1. The van der Waals surface area contributed by atoms with Crippen LogP contribution < -0.4 is 9.47 Å². The molecule has 0 aliphatic carbocycles. The Labute approximate surface area is 120 Å². The molecule has 112 valence electrons. The first kappa shape index (κ1) is 16.3. The largest absolute Gasteiger partial charge is 0.493 e. The van der Waals surface area contributed by atoms with Gasteiger partial charge in [-0.15, -0.1) is 0 Å². The average molecular weight is 281 g/mol. The Balaban J connectivity index is 2.82. The van der Waals surface area contributed by atoms with Crippen LogP contribution in [-0.2, 0) is 0 Å². The van der Waals surface area contributed by atoms with Gasteiger partial charge in [0.1, 0.15) is 0 Å². The van der Waals surface area contributed by atoms with Crippen LogP contribution in [0.15, 0.2) is 18.2 Å². The Kier molecular flexibility index (Phi) is 6.31. The van der Waals surface area contributed by atoms with E-state index in [0.29, 0.717) is 36.6 Å². The molecule has 1 amide bonds. The van der Waals surface area contributed by atoms with Gasteiger partial charge in [-0.05, 0) is 38.5 Å². The highest BCUT2D eigenvalue weighted by molar-refractivity contribution is 5.94. The first-order chi connectivity index (χ1) is 9.49.